The van der Waals surface area contributed by atoms with E-state index in [-0.39, 0.29) is 10.8 Å². The molecular weight excluding hydrogens is 228 g/mol. The van der Waals surface area contributed by atoms with E-state index in [0.29, 0.717) is 0 Å². The lowest BCUT2D eigenvalue weighted by atomic mass is 10.1. The monoisotopic (exact) mass is 252 g/mol. The number of benzene rings is 1. The van der Waals surface area contributed by atoms with Gasteiger partial charge in [-0.05, 0) is 49.2 Å². The Balaban J connectivity index is 3.12. The van der Waals surface area contributed by atoms with Crippen molar-refractivity contribution in [3.8, 4) is 11.5 Å². The van der Waals surface area contributed by atoms with E-state index < -0.39 is 8.32 Å². The molecule has 17 heavy (non-hydrogen) atoms. The van der Waals surface area contributed by atoms with Gasteiger partial charge in [-0.1, -0.05) is 20.8 Å². The Morgan fingerprint density at radius 2 is 1.65 bits per heavy atom. The SMILES string of the molecule is Cc1cc(O)cc(O[Si](C)(C)C(C)(C)C)c1C. The number of hydrogen-bond donors (Lipinski definition) is 1. The van der Waals surface area contributed by atoms with Gasteiger partial charge >= 0.3 is 0 Å². The zero-order valence-corrected chi connectivity index (χ0v) is 13.0. The second-order valence-corrected chi connectivity index (χ2v) is 11.0. The van der Waals surface area contributed by atoms with Gasteiger partial charge in [0.05, 0.1) is 0 Å². The maximum Gasteiger partial charge on any atom is 0.250 e. The van der Waals surface area contributed by atoms with Crippen molar-refractivity contribution in [2.75, 3.05) is 0 Å². The van der Waals surface area contributed by atoms with Crippen LogP contribution in [0.1, 0.15) is 31.9 Å². The molecule has 0 unspecified atom stereocenters. The summed E-state index contributed by atoms with van der Waals surface area (Å²) >= 11 is 0. The summed E-state index contributed by atoms with van der Waals surface area (Å²) in [4.78, 5) is 0. The van der Waals surface area contributed by atoms with E-state index in [1.54, 1.807) is 12.1 Å². The van der Waals surface area contributed by atoms with Crippen molar-refractivity contribution in [1.29, 1.82) is 0 Å². The molecule has 0 saturated carbocycles. The average Bonchev–Trinajstić information content (AvgIpc) is 2.11. The van der Waals surface area contributed by atoms with Gasteiger partial charge in [0.15, 0.2) is 0 Å². The van der Waals surface area contributed by atoms with E-state index in [1.165, 1.54) is 0 Å². The molecule has 1 N–H and O–H groups in total. The molecule has 0 amide bonds. The summed E-state index contributed by atoms with van der Waals surface area (Å²) in [6, 6.07) is 3.50. The lowest BCUT2D eigenvalue weighted by molar-refractivity contribution is 0.459. The predicted molar refractivity (Wildman–Crippen MR) is 75.4 cm³/mol. The van der Waals surface area contributed by atoms with E-state index in [4.69, 9.17) is 4.43 Å². The maximum absolute atomic E-state index is 9.65. The molecule has 0 aliphatic rings. The highest BCUT2D eigenvalue weighted by Gasteiger charge is 2.39. The molecular formula is C14H24O2Si. The molecule has 0 spiro atoms. The minimum atomic E-state index is -1.83. The van der Waals surface area contributed by atoms with Crippen molar-refractivity contribution < 1.29 is 9.53 Å². The number of phenolic OH excluding ortho intramolecular Hbond substituents is 1. The van der Waals surface area contributed by atoms with Gasteiger partial charge in [-0.3, -0.25) is 0 Å². The lowest BCUT2D eigenvalue weighted by Gasteiger charge is -2.37. The van der Waals surface area contributed by atoms with Gasteiger partial charge in [-0.25, -0.2) is 0 Å². The summed E-state index contributed by atoms with van der Waals surface area (Å²) in [5, 5.41) is 9.82. The number of hydrogen-bond acceptors (Lipinski definition) is 2. The lowest BCUT2D eigenvalue weighted by Crippen LogP contribution is -2.44. The summed E-state index contributed by atoms with van der Waals surface area (Å²) < 4.78 is 6.24. The third-order valence-corrected chi connectivity index (χ3v) is 8.12. The van der Waals surface area contributed by atoms with Crippen molar-refractivity contribution in [1.82, 2.24) is 0 Å². The molecule has 0 saturated heterocycles. The normalized spacial score (nSPS) is 12.6. The molecule has 2 nitrogen and oxygen atoms in total. The van der Waals surface area contributed by atoms with Crippen molar-refractivity contribution in [2.45, 2.75) is 52.8 Å². The summed E-state index contributed by atoms with van der Waals surface area (Å²) in [5.74, 6) is 1.11. The smallest absolute Gasteiger partial charge is 0.250 e. The molecule has 1 aromatic rings. The molecule has 3 heteroatoms. The highest BCUT2D eigenvalue weighted by Crippen LogP contribution is 2.39. The first kappa shape index (κ1) is 14.1. The van der Waals surface area contributed by atoms with Gasteiger partial charge in [0, 0.05) is 6.07 Å². The first-order valence-corrected chi connectivity index (χ1v) is 8.94. The fourth-order valence-electron chi connectivity index (χ4n) is 1.34. The Morgan fingerprint density at radius 3 is 2.12 bits per heavy atom. The number of phenols is 1. The number of rotatable bonds is 2. The van der Waals surface area contributed by atoms with Gasteiger partial charge in [-0.2, -0.15) is 0 Å². The van der Waals surface area contributed by atoms with E-state index in [2.05, 4.69) is 33.9 Å². The Labute approximate surface area is 106 Å². The van der Waals surface area contributed by atoms with Crippen LogP contribution in [0.4, 0.5) is 0 Å². The summed E-state index contributed by atoms with van der Waals surface area (Å²) in [6.07, 6.45) is 0. The molecule has 0 atom stereocenters. The van der Waals surface area contributed by atoms with Crippen LogP contribution in [-0.4, -0.2) is 13.4 Å². The topological polar surface area (TPSA) is 29.5 Å². The molecule has 0 radical (unpaired) electrons. The van der Waals surface area contributed by atoms with Crippen LogP contribution < -0.4 is 4.43 Å². The zero-order valence-electron chi connectivity index (χ0n) is 12.0. The molecule has 0 aromatic heterocycles. The molecule has 1 rings (SSSR count). The van der Waals surface area contributed by atoms with Crippen LogP contribution in [0.5, 0.6) is 11.5 Å². The standard InChI is InChI=1S/C14H24O2Si/c1-10-8-12(15)9-13(11(10)2)16-17(6,7)14(3,4)5/h8-9,15H,1-7H3. The largest absolute Gasteiger partial charge is 0.543 e. The van der Waals surface area contributed by atoms with Gasteiger partial charge < -0.3 is 9.53 Å². The van der Waals surface area contributed by atoms with Gasteiger partial charge in [-0.15, -0.1) is 0 Å². The van der Waals surface area contributed by atoms with Crippen LogP contribution in [0.3, 0.4) is 0 Å². The van der Waals surface area contributed by atoms with E-state index in [1.807, 2.05) is 13.8 Å². The average molecular weight is 252 g/mol. The van der Waals surface area contributed by atoms with Gasteiger partial charge in [0.25, 0.3) is 0 Å². The van der Waals surface area contributed by atoms with Crippen molar-refractivity contribution >= 4 is 8.32 Å². The van der Waals surface area contributed by atoms with Crippen molar-refractivity contribution in [3.05, 3.63) is 23.3 Å². The number of aromatic hydroxyl groups is 1. The summed E-state index contributed by atoms with van der Waals surface area (Å²) in [5.41, 5.74) is 2.19. The molecule has 1 aromatic carbocycles. The highest BCUT2D eigenvalue weighted by atomic mass is 28.4. The minimum Gasteiger partial charge on any atom is -0.543 e. The molecule has 96 valence electrons. The highest BCUT2D eigenvalue weighted by molar-refractivity contribution is 6.74. The minimum absolute atomic E-state index is 0.165. The quantitative estimate of drug-likeness (QED) is 0.791. The Kier molecular flexibility index (Phi) is 3.62. The third-order valence-electron chi connectivity index (χ3n) is 3.78. The van der Waals surface area contributed by atoms with Gasteiger partial charge in [0.2, 0.25) is 8.32 Å². The summed E-state index contributed by atoms with van der Waals surface area (Å²) in [6.45, 7) is 15.1. The van der Waals surface area contributed by atoms with Gasteiger partial charge in [0.1, 0.15) is 11.5 Å². The van der Waals surface area contributed by atoms with Crippen LogP contribution >= 0.6 is 0 Å². The van der Waals surface area contributed by atoms with Crippen molar-refractivity contribution in [3.63, 3.8) is 0 Å². The Bertz CT molecular complexity index is 417. The fraction of sp³-hybridized carbons (Fsp3) is 0.571. The molecule has 0 aliphatic carbocycles. The molecule has 0 fully saturated rings. The third kappa shape index (κ3) is 3.03. The van der Waals surface area contributed by atoms with Crippen LogP contribution in [0.25, 0.3) is 0 Å². The summed E-state index contributed by atoms with van der Waals surface area (Å²) in [7, 11) is -1.83. The Hall–Kier alpha value is -0.963. The molecule has 0 heterocycles. The first-order valence-electron chi connectivity index (χ1n) is 6.04. The fourth-order valence-corrected chi connectivity index (χ4v) is 2.41. The molecule has 0 aliphatic heterocycles. The van der Waals surface area contributed by atoms with Crippen LogP contribution in [0, 0.1) is 13.8 Å². The first-order chi connectivity index (χ1) is 7.54. The van der Waals surface area contributed by atoms with E-state index in [0.717, 1.165) is 16.9 Å². The molecule has 0 bridgehead atoms. The second-order valence-electron chi connectivity index (χ2n) is 6.25. The van der Waals surface area contributed by atoms with Crippen LogP contribution in [0.2, 0.25) is 18.1 Å². The second kappa shape index (κ2) is 4.37. The predicted octanol–water partition coefficient (Wildman–Crippen LogP) is 4.39. The van der Waals surface area contributed by atoms with E-state index in [9.17, 15) is 5.11 Å². The van der Waals surface area contributed by atoms with Crippen LogP contribution in [0.15, 0.2) is 12.1 Å². The van der Waals surface area contributed by atoms with Crippen molar-refractivity contribution in [2.24, 2.45) is 0 Å². The Morgan fingerprint density at radius 1 is 1.12 bits per heavy atom. The van der Waals surface area contributed by atoms with Crippen LogP contribution in [-0.2, 0) is 0 Å². The number of aryl methyl sites for hydroxylation is 1. The maximum atomic E-state index is 9.65. The van der Waals surface area contributed by atoms with E-state index >= 15 is 0 Å². The zero-order chi connectivity index (χ0) is 13.4.